The largest absolute Gasteiger partial charge is 0.0879 e. The van der Waals surface area contributed by atoms with E-state index in [4.69, 9.17) is 0 Å². The van der Waals surface area contributed by atoms with E-state index < -0.39 is 0 Å². The maximum absolute atomic E-state index is 3.44. The SMILES string of the molecule is [C]1C=CCCC1C1=CCCCC1. The molecule has 1 unspecified atom stereocenters. The quantitative estimate of drug-likeness (QED) is 0.515. The van der Waals surface area contributed by atoms with E-state index >= 15 is 0 Å². The van der Waals surface area contributed by atoms with Crippen LogP contribution in [0.4, 0.5) is 0 Å². The lowest BCUT2D eigenvalue weighted by Crippen LogP contribution is -2.09. The van der Waals surface area contributed by atoms with Crippen LogP contribution in [0.3, 0.4) is 0 Å². The fraction of sp³-hybridized carbons (Fsp3) is 0.583. The molecule has 1 atom stereocenters. The normalized spacial score (nSPS) is 30.0. The molecule has 0 saturated heterocycles. The molecule has 0 bridgehead atoms. The lowest BCUT2D eigenvalue weighted by Gasteiger charge is -2.23. The molecule has 0 spiro atoms. The van der Waals surface area contributed by atoms with Crippen LogP contribution in [0.15, 0.2) is 23.8 Å². The van der Waals surface area contributed by atoms with Gasteiger partial charge < -0.3 is 0 Å². The van der Waals surface area contributed by atoms with Gasteiger partial charge in [-0.05, 0) is 44.4 Å². The molecule has 0 aromatic heterocycles. The van der Waals surface area contributed by atoms with Crippen LogP contribution in [0, 0.1) is 12.3 Å². The maximum Gasteiger partial charge on any atom is 0.0158 e. The van der Waals surface area contributed by atoms with E-state index in [0.717, 1.165) is 0 Å². The Kier molecular flexibility index (Phi) is 2.65. The highest BCUT2D eigenvalue weighted by molar-refractivity contribution is 5.19. The van der Waals surface area contributed by atoms with Gasteiger partial charge in [-0.2, -0.15) is 0 Å². The van der Waals surface area contributed by atoms with E-state index in [-0.39, 0.29) is 0 Å². The summed E-state index contributed by atoms with van der Waals surface area (Å²) in [5.41, 5.74) is 1.66. The van der Waals surface area contributed by atoms with E-state index in [2.05, 4.69) is 24.6 Å². The third kappa shape index (κ3) is 1.80. The first-order valence-electron chi connectivity index (χ1n) is 5.07. The molecule has 0 heteroatoms. The van der Waals surface area contributed by atoms with Gasteiger partial charge in [-0.1, -0.05) is 23.8 Å². The third-order valence-electron chi connectivity index (χ3n) is 2.81. The van der Waals surface area contributed by atoms with E-state index in [1.165, 1.54) is 38.5 Å². The molecular formula is C12H16. The lowest BCUT2D eigenvalue weighted by molar-refractivity contribution is 0.569. The molecule has 0 amide bonds. The predicted octanol–water partition coefficient (Wildman–Crippen LogP) is 3.53. The second kappa shape index (κ2) is 3.93. The fourth-order valence-corrected chi connectivity index (χ4v) is 2.09. The van der Waals surface area contributed by atoms with E-state index in [1.807, 2.05) is 0 Å². The van der Waals surface area contributed by atoms with Gasteiger partial charge in [-0.3, -0.25) is 0 Å². The summed E-state index contributed by atoms with van der Waals surface area (Å²) in [6.45, 7) is 0. The van der Waals surface area contributed by atoms with Gasteiger partial charge in [-0.15, -0.1) is 0 Å². The highest BCUT2D eigenvalue weighted by Gasteiger charge is 2.16. The van der Waals surface area contributed by atoms with Crippen molar-refractivity contribution in [3.05, 3.63) is 30.2 Å². The molecule has 2 radical (unpaired) electrons. The molecule has 0 fully saturated rings. The highest BCUT2D eigenvalue weighted by Crippen LogP contribution is 2.31. The molecule has 0 heterocycles. The minimum atomic E-state index is 0.662. The van der Waals surface area contributed by atoms with Gasteiger partial charge in [0.1, 0.15) is 0 Å². The van der Waals surface area contributed by atoms with Crippen LogP contribution in [0.25, 0.3) is 0 Å². The lowest BCUT2D eigenvalue weighted by atomic mass is 9.82. The zero-order chi connectivity index (χ0) is 8.23. The molecule has 0 saturated carbocycles. The molecule has 2 aliphatic carbocycles. The third-order valence-corrected chi connectivity index (χ3v) is 2.81. The molecule has 0 nitrogen and oxygen atoms in total. The van der Waals surface area contributed by atoms with Crippen molar-refractivity contribution in [2.24, 2.45) is 5.92 Å². The van der Waals surface area contributed by atoms with Crippen LogP contribution >= 0.6 is 0 Å². The Morgan fingerprint density at radius 1 is 1.25 bits per heavy atom. The number of allylic oxidation sites excluding steroid dienone is 4. The van der Waals surface area contributed by atoms with Crippen molar-refractivity contribution in [1.29, 1.82) is 0 Å². The first-order valence-corrected chi connectivity index (χ1v) is 5.07. The Hall–Kier alpha value is -0.520. The molecule has 12 heavy (non-hydrogen) atoms. The van der Waals surface area contributed by atoms with Gasteiger partial charge in [-0.25, -0.2) is 0 Å². The van der Waals surface area contributed by atoms with Gasteiger partial charge in [0.15, 0.2) is 0 Å². The topological polar surface area (TPSA) is 0 Å². The zero-order valence-electron chi connectivity index (χ0n) is 7.55. The fourth-order valence-electron chi connectivity index (χ4n) is 2.09. The van der Waals surface area contributed by atoms with Crippen LogP contribution < -0.4 is 0 Å². The Labute approximate surface area is 75.4 Å². The predicted molar refractivity (Wildman–Crippen MR) is 51.7 cm³/mol. The summed E-state index contributed by atoms with van der Waals surface area (Å²) in [7, 11) is 0. The minimum absolute atomic E-state index is 0.662. The first-order chi connectivity index (χ1) is 5.97. The van der Waals surface area contributed by atoms with Gasteiger partial charge in [0.05, 0.1) is 0 Å². The van der Waals surface area contributed by atoms with Crippen molar-refractivity contribution in [2.45, 2.75) is 38.5 Å². The van der Waals surface area contributed by atoms with Gasteiger partial charge in [0, 0.05) is 6.42 Å². The van der Waals surface area contributed by atoms with Crippen molar-refractivity contribution in [3.63, 3.8) is 0 Å². The van der Waals surface area contributed by atoms with Gasteiger partial charge in [0.25, 0.3) is 0 Å². The first kappa shape index (κ1) is 8.10. The van der Waals surface area contributed by atoms with E-state index in [0.29, 0.717) is 5.92 Å². The number of rotatable bonds is 1. The maximum atomic E-state index is 3.44. The van der Waals surface area contributed by atoms with E-state index in [9.17, 15) is 0 Å². The Morgan fingerprint density at radius 3 is 2.92 bits per heavy atom. The Morgan fingerprint density at radius 2 is 2.25 bits per heavy atom. The van der Waals surface area contributed by atoms with Crippen LogP contribution in [0.2, 0.25) is 0 Å². The molecular weight excluding hydrogens is 144 g/mol. The Bertz CT molecular complexity index is 198. The average Bonchev–Trinajstić information content (AvgIpc) is 2.21. The van der Waals surface area contributed by atoms with Gasteiger partial charge >= 0.3 is 0 Å². The van der Waals surface area contributed by atoms with Gasteiger partial charge in [0.2, 0.25) is 0 Å². The standard InChI is InChI=1S/C12H16/c1-3-7-11(8-4-1)12-9-5-2-6-10-12/h1,3,9,11H,2,4-6,8,10H2. The van der Waals surface area contributed by atoms with Crippen LogP contribution in [0.5, 0.6) is 0 Å². The summed E-state index contributed by atoms with van der Waals surface area (Å²) in [5.74, 6) is 0.662. The number of hydrogen-bond donors (Lipinski definition) is 0. The van der Waals surface area contributed by atoms with Crippen molar-refractivity contribution in [1.82, 2.24) is 0 Å². The second-order valence-electron chi connectivity index (χ2n) is 3.72. The second-order valence-corrected chi connectivity index (χ2v) is 3.72. The molecule has 64 valence electrons. The molecule has 2 aliphatic rings. The smallest absolute Gasteiger partial charge is 0.0158 e. The summed E-state index contributed by atoms with van der Waals surface area (Å²) in [5, 5.41) is 0. The molecule has 0 aromatic carbocycles. The van der Waals surface area contributed by atoms with Crippen molar-refractivity contribution >= 4 is 0 Å². The summed E-state index contributed by atoms with van der Waals surface area (Å²) < 4.78 is 0. The van der Waals surface area contributed by atoms with Crippen molar-refractivity contribution in [2.75, 3.05) is 0 Å². The minimum Gasteiger partial charge on any atom is -0.0879 e. The Balaban J connectivity index is 1.98. The monoisotopic (exact) mass is 160 g/mol. The summed E-state index contributed by atoms with van der Waals surface area (Å²) in [6, 6.07) is 0. The molecule has 2 rings (SSSR count). The zero-order valence-corrected chi connectivity index (χ0v) is 7.55. The number of hydrogen-bond acceptors (Lipinski definition) is 0. The van der Waals surface area contributed by atoms with E-state index in [1.54, 1.807) is 5.57 Å². The molecule has 0 aliphatic heterocycles. The van der Waals surface area contributed by atoms with Crippen LogP contribution in [-0.4, -0.2) is 0 Å². The summed E-state index contributed by atoms with van der Waals surface area (Å²) in [6.07, 6.45) is 18.2. The van der Waals surface area contributed by atoms with Crippen LogP contribution in [-0.2, 0) is 0 Å². The molecule has 0 aromatic rings. The van der Waals surface area contributed by atoms with Crippen molar-refractivity contribution < 1.29 is 0 Å². The summed E-state index contributed by atoms with van der Waals surface area (Å²) in [4.78, 5) is 0. The average molecular weight is 160 g/mol. The highest BCUT2D eigenvalue weighted by atomic mass is 14.2. The van der Waals surface area contributed by atoms with Crippen LogP contribution in [0.1, 0.15) is 38.5 Å². The summed E-state index contributed by atoms with van der Waals surface area (Å²) >= 11 is 0. The molecule has 0 N–H and O–H groups in total. The van der Waals surface area contributed by atoms with Crippen molar-refractivity contribution in [3.8, 4) is 0 Å².